The van der Waals surface area contributed by atoms with Crippen LogP contribution in [0.25, 0.3) is 0 Å². The fourth-order valence-corrected chi connectivity index (χ4v) is 3.09. The SMILES string of the molecule is CC1CC(N)CCN1C(C)c1ccccc1Cl. The molecule has 94 valence electrons. The van der Waals surface area contributed by atoms with Gasteiger partial charge in [0.2, 0.25) is 0 Å². The number of benzene rings is 1. The average molecular weight is 253 g/mol. The van der Waals surface area contributed by atoms with Crippen LogP contribution < -0.4 is 5.73 Å². The van der Waals surface area contributed by atoms with Crippen LogP contribution in [-0.2, 0) is 0 Å². The van der Waals surface area contributed by atoms with Crippen molar-refractivity contribution in [2.45, 2.75) is 44.8 Å². The first-order valence-electron chi connectivity index (χ1n) is 6.35. The summed E-state index contributed by atoms with van der Waals surface area (Å²) in [6.45, 7) is 5.55. The van der Waals surface area contributed by atoms with E-state index in [0.717, 1.165) is 24.4 Å². The monoisotopic (exact) mass is 252 g/mol. The minimum atomic E-state index is 0.361. The normalized spacial score (nSPS) is 28.0. The minimum absolute atomic E-state index is 0.361. The second-order valence-electron chi connectivity index (χ2n) is 5.07. The number of rotatable bonds is 2. The second kappa shape index (κ2) is 5.38. The third-order valence-corrected chi connectivity index (χ3v) is 4.17. The van der Waals surface area contributed by atoms with Crippen molar-refractivity contribution >= 4 is 11.6 Å². The Hall–Kier alpha value is -0.570. The number of hydrogen-bond acceptors (Lipinski definition) is 2. The lowest BCUT2D eigenvalue weighted by molar-refractivity contribution is 0.104. The molecule has 1 heterocycles. The highest BCUT2D eigenvalue weighted by molar-refractivity contribution is 6.31. The third kappa shape index (κ3) is 2.82. The molecule has 1 aliphatic heterocycles. The highest BCUT2D eigenvalue weighted by atomic mass is 35.5. The molecule has 0 aromatic heterocycles. The molecular weight excluding hydrogens is 232 g/mol. The van der Waals surface area contributed by atoms with Gasteiger partial charge in [0.1, 0.15) is 0 Å². The van der Waals surface area contributed by atoms with E-state index in [-0.39, 0.29) is 0 Å². The van der Waals surface area contributed by atoms with Gasteiger partial charge < -0.3 is 5.73 Å². The maximum Gasteiger partial charge on any atom is 0.0453 e. The van der Waals surface area contributed by atoms with E-state index in [1.54, 1.807) is 0 Å². The average Bonchev–Trinajstić information content (AvgIpc) is 2.29. The number of nitrogens with zero attached hydrogens (tertiary/aromatic N) is 1. The highest BCUT2D eigenvalue weighted by Gasteiger charge is 2.28. The number of hydrogen-bond donors (Lipinski definition) is 1. The van der Waals surface area contributed by atoms with Crippen molar-refractivity contribution in [1.82, 2.24) is 4.90 Å². The molecule has 2 rings (SSSR count). The van der Waals surface area contributed by atoms with Crippen molar-refractivity contribution < 1.29 is 0 Å². The molecule has 0 radical (unpaired) electrons. The summed E-state index contributed by atoms with van der Waals surface area (Å²) in [5.74, 6) is 0. The minimum Gasteiger partial charge on any atom is -0.328 e. The van der Waals surface area contributed by atoms with Crippen molar-refractivity contribution in [3.05, 3.63) is 34.9 Å². The summed E-state index contributed by atoms with van der Waals surface area (Å²) in [6, 6.07) is 9.38. The van der Waals surface area contributed by atoms with E-state index in [2.05, 4.69) is 30.9 Å². The number of piperidine rings is 1. The molecule has 1 fully saturated rings. The van der Waals surface area contributed by atoms with Gasteiger partial charge in [-0.25, -0.2) is 0 Å². The van der Waals surface area contributed by atoms with Gasteiger partial charge in [0.25, 0.3) is 0 Å². The smallest absolute Gasteiger partial charge is 0.0453 e. The molecule has 0 saturated carbocycles. The van der Waals surface area contributed by atoms with E-state index in [4.69, 9.17) is 17.3 Å². The zero-order valence-electron chi connectivity index (χ0n) is 10.6. The Balaban J connectivity index is 2.15. The van der Waals surface area contributed by atoms with Crippen LogP contribution >= 0.6 is 11.6 Å². The molecule has 2 nitrogen and oxygen atoms in total. The number of halogens is 1. The summed E-state index contributed by atoms with van der Waals surface area (Å²) in [5, 5.41) is 0.863. The Morgan fingerprint density at radius 2 is 2.12 bits per heavy atom. The van der Waals surface area contributed by atoms with Gasteiger partial charge in [0.05, 0.1) is 0 Å². The van der Waals surface area contributed by atoms with Crippen molar-refractivity contribution in [3.63, 3.8) is 0 Å². The molecule has 3 heteroatoms. The van der Waals surface area contributed by atoms with Crippen molar-refractivity contribution in [1.29, 1.82) is 0 Å². The van der Waals surface area contributed by atoms with E-state index < -0.39 is 0 Å². The van der Waals surface area contributed by atoms with Crippen LogP contribution in [0.1, 0.15) is 38.3 Å². The number of nitrogens with two attached hydrogens (primary N) is 1. The molecule has 17 heavy (non-hydrogen) atoms. The third-order valence-electron chi connectivity index (χ3n) is 3.82. The maximum absolute atomic E-state index is 6.26. The summed E-state index contributed by atoms with van der Waals surface area (Å²) in [7, 11) is 0. The molecule has 1 aromatic carbocycles. The van der Waals surface area contributed by atoms with Gasteiger partial charge in [-0.2, -0.15) is 0 Å². The summed E-state index contributed by atoms with van der Waals surface area (Å²) in [4.78, 5) is 2.50. The lowest BCUT2D eigenvalue weighted by Crippen LogP contribution is -2.46. The van der Waals surface area contributed by atoms with Crippen molar-refractivity contribution in [2.24, 2.45) is 5.73 Å². The fourth-order valence-electron chi connectivity index (χ4n) is 2.79. The first kappa shape index (κ1) is 12.9. The molecular formula is C14H21ClN2. The van der Waals surface area contributed by atoms with Crippen LogP contribution in [0.5, 0.6) is 0 Å². The van der Waals surface area contributed by atoms with Crippen LogP contribution in [0.4, 0.5) is 0 Å². The summed E-state index contributed by atoms with van der Waals surface area (Å²) in [5.41, 5.74) is 7.22. The molecule has 1 saturated heterocycles. The van der Waals surface area contributed by atoms with Crippen molar-refractivity contribution in [3.8, 4) is 0 Å². The standard InChI is InChI=1S/C14H21ClN2/c1-10-9-12(16)7-8-17(10)11(2)13-5-3-4-6-14(13)15/h3-6,10-12H,7-9,16H2,1-2H3. The topological polar surface area (TPSA) is 29.3 Å². The molecule has 0 aliphatic carbocycles. The van der Waals surface area contributed by atoms with Crippen molar-refractivity contribution in [2.75, 3.05) is 6.54 Å². The first-order valence-corrected chi connectivity index (χ1v) is 6.73. The Kier molecular flexibility index (Phi) is 4.08. The molecule has 0 spiro atoms. The number of likely N-dealkylation sites (tertiary alicyclic amines) is 1. The summed E-state index contributed by atoms with van der Waals surface area (Å²) in [6.07, 6.45) is 2.16. The van der Waals surface area contributed by atoms with E-state index in [1.807, 2.05) is 12.1 Å². The Morgan fingerprint density at radius 1 is 1.41 bits per heavy atom. The Bertz CT molecular complexity index is 380. The largest absolute Gasteiger partial charge is 0.328 e. The maximum atomic E-state index is 6.26. The zero-order chi connectivity index (χ0) is 12.4. The van der Waals surface area contributed by atoms with Crippen LogP contribution in [-0.4, -0.2) is 23.5 Å². The van der Waals surface area contributed by atoms with Crippen LogP contribution in [0.3, 0.4) is 0 Å². The molecule has 2 N–H and O–H groups in total. The molecule has 0 amide bonds. The van der Waals surface area contributed by atoms with E-state index in [1.165, 1.54) is 5.56 Å². The molecule has 0 bridgehead atoms. The van der Waals surface area contributed by atoms with Gasteiger partial charge in [-0.3, -0.25) is 4.90 Å². The first-order chi connectivity index (χ1) is 8.09. The Labute approximate surface area is 109 Å². The van der Waals surface area contributed by atoms with E-state index in [9.17, 15) is 0 Å². The van der Waals surface area contributed by atoms with Crippen LogP contribution in [0.2, 0.25) is 5.02 Å². The predicted octanol–water partition coefficient (Wildman–Crippen LogP) is 3.21. The van der Waals surface area contributed by atoms with Gasteiger partial charge in [-0.15, -0.1) is 0 Å². The van der Waals surface area contributed by atoms with Gasteiger partial charge in [0, 0.05) is 29.7 Å². The van der Waals surface area contributed by atoms with Gasteiger partial charge in [-0.05, 0) is 38.3 Å². The van der Waals surface area contributed by atoms with E-state index >= 15 is 0 Å². The molecule has 3 unspecified atom stereocenters. The zero-order valence-corrected chi connectivity index (χ0v) is 11.3. The van der Waals surface area contributed by atoms with Crippen LogP contribution in [0.15, 0.2) is 24.3 Å². The van der Waals surface area contributed by atoms with Gasteiger partial charge in [-0.1, -0.05) is 29.8 Å². The fraction of sp³-hybridized carbons (Fsp3) is 0.571. The van der Waals surface area contributed by atoms with Gasteiger partial charge >= 0.3 is 0 Å². The highest BCUT2D eigenvalue weighted by Crippen LogP contribution is 2.31. The summed E-state index contributed by atoms with van der Waals surface area (Å²) >= 11 is 6.26. The second-order valence-corrected chi connectivity index (χ2v) is 5.48. The summed E-state index contributed by atoms with van der Waals surface area (Å²) < 4.78 is 0. The molecule has 1 aliphatic rings. The van der Waals surface area contributed by atoms with Crippen LogP contribution in [0, 0.1) is 0 Å². The predicted molar refractivity (Wildman–Crippen MR) is 73.2 cm³/mol. The quantitative estimate of drug-likeness (QED) is 0.876. The van der Waals surface area contributed by atoms with E-state index in [0.29, 0.717) is 18.1 Å². The Morgan fingerprint density at radius 3 is 2.76 bits per heavy atom. The lowest BCUT2D eigenvalue weighted by Gasteiger charge is -2.40. The lowest BCUT2D eigenvalue weighted by atomic mass is 9.95. The molecule has 1 aromatic rings. The van der Waals surface area contributed by atoms with Gasteiger partial charge in [0.15, 0.2) is 0 Å². The molecule has 3 atom stereocenters.